The molecule has 0 aliphatic heterocycles. The van der Waals surface area contributed by atoms with Crippen LogP contribution in [0.2, 0.25) is 0 Å². The summed E-state index contributed by atoms with van der Waals surface area (Å²) in [5.41, 5.74) is 13.1. The third-order valence-corrected chi connectivity index (χ3v) is 4.66. The Morgan fingerprint density at radius 3 is 2.52 bits per heavy atom. The van der Waals surface area contributed by atoms with E-state index in [1.807, 2.05) is 24.3 Å². The van der Waals surface area contributed by atoms with Gasteiger partial charge in [-0.2, -0.15) is 12.6 Å². The largest absolute Gasteiger partial charge is 0.370 e. The summed E-state index contributed by atoms with van der Waals surface area (Å²) in [7, 11) is 0. The predicted octanol–water partition coefficient (Wildman–Crippen LogP) is 1.45. The molecule has 0 saturated carbocycles. The molecule has 0 saturated heterocycles. The van der Waals surface area contributed by atoms with E-state index in [0.717, 1.165) is 5.56 Å². The zero-order chi connectivity index (χ0) is 19.8. The van der Waals surface area contributed by atoms with Crippen molar-refractivity contribution >= 4 is 52.6 Å². The molecule has 1 aromatic carbocycles. The second kappa shape index (κ2) is 9.93. The van der Waals surface area contributed by atoms with Gasteiger partial charge in [0.05, 0.1) is 11.4 Å². The molecule has 0 bridgehead atoms. The number of nitrogens with zero attached hydrogens (tertiary/aromatic N) is 2. The summed E-state index contributed by atoms with van der Waals surface area (Å²) in [6.07, 6.45) is 1.24. The number of nitrogens with two attached hydrogens (primary N) is 2. The summed E-state index contributed by atoms with van der Waals surface area (Å²) in [6, 6.07) is 7.48. The zero-order valence-electron chi connectivity index (χ0n) is 14.9. The summed E-state index contributed by atoms with van der Waals surface area (Å²) in [5.74, 6) is 0.109. The highest BCUT2D eigenvalue weighted by atomic mass is 32.1. The minimum absolute atomic E-state index is 0.00703. The molecule has 1 heterocycles. The number of aromatic nitrogens is 1. The molecule has 0 aliphatic carbocycles. The second-order valence-corrected chi connectivity index (χ2v) is 7.10. The standard InChI is InChI=1S/C17H22N6O2S2/c1-10(24)21-17-23-13(14(27-17)15(25)20-8-9-26)7-4-11-2-5-12(6-3-11)22-16(18)19/h2-3,5-6,26H,4,7-9H2,1H3,(H,20,25)(H4,18,19,22)(H,21,23,24). The minimum Gasteiger partial charge on any atom is -0.370 e. The predicted molar refractivity (Wildman–Crippen MR) is 112 cm³/mol. The van der Waals surface area contributed by atoms with Gasteiger partial charge < -0.3 is 22.1 Å². The number of rotatable bonds is 8. The van der Waals surface area contributed by atoms with E-state index >= 15 is 0 Å². The first-order chi connectivity index (χ1) is 12.9. The van der Waals surface area contributed by atoms with Crippen LogP contribution in [-0.2, 0) is 17.6 Å². The van der Waals surface area contributed by atoms with Crippen LogP contribution in [0.3, 0.4) is 0 Å². The Hall–Kier alpha value is -2.59. The molecule has 0 unspecified atom stereocenters. The average Bonchev–Trinajstić information content (AvgIpc) is 3.00. The number of anilines is 1. The molecular weight excluding hydrogens is 384 g/mol. The zero-order valence-corrected chi connectivity index (χ0v) is 16.6. The monoisotopic (exact) mass is 406 g/mol. The molecule has 0 atom stereocenters. The number of aliphatic imine (C=N–C) groups is 1. The van der Waals surface area contributed by atoms with Crippen molar-refractivity contribution in [1.29, 1.82) is 0 Å². The third-order valence-electron chi connectivity index (χ3n) is 3.43. The van der Waals surface area contributed by atoms with Crippen LogP contribution < -0.4 is 22.1 Å². The normalized spacial score (nSPS) is 10.3. The second-order valence-electron chi connectivity index (χ2n) is 5.66. The maximum Gasteiger partial charge on any atom is 0.263 e. The molecular formula is C17H22N6O2S2. The molecule has 8 nitrogen and oxygen atoms in total. The number of thiol groups is 1. The number of hydrogen-bond donors (Lipinski definition) is 5. The lowest BCUT2D eigenvalue weighted by atomic mass is 10.1. The molecule has 1 aromatic heterocycles. The van der Waals surface area contributed by atoms with Crippen LogP contribution in [0.4, 0.5) is 10.8 Å². The number of carbonyl (C=O) groups is 2. The number of amides is 2. The van der Waals surface area contributed by atoms with Crippen molar-refractivity contribution in [2.75, 3.05) is 17.6 Å². The van der Waals surface area contributed by atoms with Gasteiger partial charge >= 0.3 is 0 Å². The van der Waals surface area contributed by atoms with Crippen LogP contribution in [0.5, 0.6) is 0 Å². The molecule has 10 heteroatoms. The highest BCUT2D eigenvalue weighted by molar-refractivity contribution is 7.80. The molecule has 6 N–H and O–H groups in total. The number of guanidine groups is 1. The van der Waals surface area contributed by atoms with Gasteiger partial charge in [0.1, 0.15) is 4.88 Å². The molecule has 0 spiro atoms. The third kappa shape index (κ3) is 6.57. The smallest absolute Gasteiger partial charge is 0.263 e. The van der Waals surface area contributed by atoms with E-state index in [1.165, 1.54) is 18.3 Å². The van der Waals surface area contributed by atoms with Gasteiger partial charge in [-0.25, -0.2) is 9.98 Å². The SMILES string of the molecule is CC(=O)Nc1nc(CCc2ccc(N=C(N)N)cc2)c(C(=O)NCCS)s1. The maximum absolute atomic E-state index is 12.4. The highest BCUT2D eigenvalue weighted by Crippen LogP contribution is 2.25. The van der Waals surface area contributed by atoms with Crippen molar-refractivity contribution < 1.29 is 9.59 Å². The van der Waals surface area contributed by atoms with Crippen molar-refractivity contribution in [3.8, 4) is 0 Å². The van der Waals surface area contributed by atoms with Crippen LogP contribution in [-0.4, -0.2) is 35.1 Å². The topological polar surface area (TPSA) is 135 Å². The van der Waals surface area contributed by atoms with E-state index < -0.39 is 0 Å². The van der Waals surface area contributed by atoms with Crippen molar-refractivity contribution in [3.05, 3.63) is 40.4 Å². The Balaban J connectivity index is 2.13. The van der Waals surface area contributed by atoms with E-state index in [9.17, 15) is 9.59 Å². The van der Waals surface area contributed by atoms with Gasteiger partial charge in [0.25, 0.3) is 5.91 Å². The van der Waals surface area contributed by atoms with E-state index in [2.05, 4.69) is 33.2 Å². The summed E-state index contributed by atoms with van der Waals surface area (Å²) in [4.78, 5) is 32.5. The Kier molecular flexibility index (Phi) is 7.62. The van der Waals surface area contributed by atoms with Crippen molar-refractivity contribution in [3.63, 3.8) is 0 Å². The molecule has 0 radical (unpaired) electrons. The Labute approximate surface area is 166 Å². The number of benzene rings is 1. The Morgan fingerprint density at radius 1 is 1.22 bits per heavy atom. The first-order valence-electron chi connectivity index (χ1n) is 8.24. The molecule has 27 heavy (non-hydrogen) atoms. The summed E-state index contributed by atoms with van der Waals surface area (Å²) < 4.78 is 0. The molecule has 144 valence electrons. The van der Waals surface area contributed by atoms with E-state index in [-0.39, 0.29) is 17.8 Å². The number of aryl methyl sites for hydroxylation is 2. The van der Waals surface area contributed by atoms with Crippen molar-refractivity contribution in [1.82, 2.24) is 10.3 Å². The van der Waals surface area contributed by atoms with Gasteiger partial charge in [-0.15, -0.1) is 0 Å². The molecule has 0 fully saturated rings. The van der Waals surface area contributed by atoms with Crippen LogP contribution in [0, 0.1) is 0 Å². The van der Waals surface area contributed by atoms with Gasteiger partial charge in [-0.3, -0.25) is 9.59 Å². The molecule has 2 aromatic rings. The summed E-state index contributed by atoms with van der Waals surface area (Å²) in [6.45, 7) is 1.86. The van der Waals surface area contributed by atoms with Crippen LogP contribution in [0.15, 0.2) is 29.3 Å². The first-order valence-corrected chi connectivity index (χ1v) is 9.69. The van der Waals surface area contributed by atoms with E-state index in [1.54, 1.807) is 0 Å². The van der Waals surface area contributed by atoms with Gasteiger partial charge in [0.2, 0.25) is 5.91 Å². The summed E-state index contributed by atoms with van der Waals surface area (Å²) in [5, 5.41) is 5.83. The van der Waals surface area contributed by atoms with E-state index in [4.69, 9.17) is 11.5 Å². The van der Waals surface area contributed by atoms with Crippen molar-refractivity contribution in [2.24, 2.45) is 16.5 Å². The number of nitrogens with one attached hydrogen (secondary N) is 2. The first kappa shape index (κ1) is 20.7. The van der Waals surface area contributed by atoms with Crippen molar-refractivity contribution in [2.45, 2.75) is 19.8 Å². The van der Waals surface area contributed by atoms with Crippen LogP contribution in [0.25, 0.3) is 0 Å². The fourth-order valence-electron chi connectivity index (χ4n) is 2.30. The Morgan fingerprint density at radius 2 is 1.93 bits per heavy atom. The van der Waals surface area contributed by atoms with Gasteiger partial charge in [-0.05, 0) is 30.5 Å². The minimum atomic E-state index is -0.229. The van der Waals surface area contributed by atoms with Gasteiger partial charge in [-0.1, -0.05) is 23.5 Å². The van der Waals surface area contributed by atoms with Gasteiger partial charge in [0, 0.05) is 19.2 Å². The van der Waals surface area contributed by atoms with E-state index in [0.29, 0.717) is 46.5 Å². The molecule has 0 aliphatic rings. The van der Waals surface area contributed by atoms with Crippen LogP contribution >= 0.6 is 24.0 Å². The van der Waals surface area contributed by atoms with Crippen LogP contribution in [0.1, 0.15) is 27.9 Å². The number of hydrogen-bond acceptors (Lipinski definition) is 6. The quantitative estimate of drug-likeness (QED) is 0.257. The fourth-order valence-corrected chi connectivity index (χ4v) is 3.39. The fraction of sp³-hybridized carbons (Fsp3) is 0.294. The average molecular weight is 407 g/mol. The molecule has 2 rings (SSSR count). The maximum atomic E-state index is 12.4. The lowest BCUT2D eigenvalue weighted by Crippen LogP contribution is -2.25. The molecule has 2 amide bonds. The number of thiazole rings is 1. The van der Waals surface area contributed by atoms with Gasteiger partial charge in [0.15, 0.2) is 11.1 Å². The summed E-state index contributed by atoms with van der Waals surface area (Å²) >= 11 is 5.26. The lowest BCUT2D eigenvalue weighted by molar-refractivity contribution is -0.114. The Bertz CT molecular complexity index is 828. The highest BCUT2D eigenvalue weighted by Gasteiger charge is 2.18. The lowest BCUT2D eigenvalue weighted by Gasteiger charge is -2.04. The number of carbonyl (C=O) groups excluding carboxylic acids is 2.